The van der Waals surface area contributed by atoms with E-state index in [-0.39, 0.29) is 11.6 Å². The zero-order valence-electron chi connectivity index (χ0n) is 11.7. The van der Waals surface area contributed by atoms with Gasteiger partial charge < -0.3 is 9.84 Å². The number of benzene rings is 1. The van der Waals surface area contributed by atoms with Crippen LogP contribution >= 0.6 is 0 Å². The maximum Gasteiger partial charge on any atom is 0.339 e. The summed E-state index contributed by atoms with van der Waals surface area (Å²) in [7, 11) is 1.44. The number of Topliss-reactive ketones (excluding diaryl/α,β-unsaturated/α-hetero) is 1. The molecule has 21 heavy (non-hydrogen) atoms. The molecule has 110 valence electrons. The minimum atomic E-state index is -1.02. The van der Waals surface area contributed by atoms with Crippen molar-refractivity contribution in [1.82, 2.24) is 9.78 Å². The average Bonchev–Trinajstić information content (AvgIpc) is 2.89. The lowest BCUT2D eigenvalue weighted by atomic mass is 9.95. The third kappa shape index (κ3) is 2.49. The molecule has 2 aromatic rings. The summed E-state index contributed by atoms with van der Waals surface area (Å²) in [6, 6.07) is 3.42. The number of aromatic carboxylic acids is 1. The van der Waals surface area contributed by atoms with E-state index in [4.69, 9.17) is 4.74 Å². The number of nitrogens with zero attached hydrogens (tertiary/aromatic N) is 2. The second-order valence-corrected chi connectivity index (χ2v) is 5.30. The van der Waals surface area contributed by atoms with Crippen LogP contribution in [0.3, 0.4) is 0 Å². The zero-order valence-corrected chi connectivity index (χ0v) is 11.7. The molecule has 0 spiro atoms. The number of rotatable bonds is 3. The summed E-state index contributed by atoms with van der Waals surface area (Å²) >= 11 is 0. The maximum atomic E-state index is 11.3. The van der Waals surface area contributed by atoms with E-state index < -0.39 is 5.97 Å². The smallest absolute Gasteiger partial charge is 0.339 e. The monoisotopic (exact) mass is 288 g/mol. The highest BCUT2D eigenvalue weighted by atomic mass is 16.5. The van der Waals surface area contributed by atoms with Gasteiger partial charge in [0, 0.05) is 30.5 Å². The molecule has 3 rings (SSSR count). The number of ketones is 1. The molecule has 1 aromatic heterocycles. The van der Waals surface area contributed by atoms with Crippen LogP contribution in [0.25, 0.3) is 10.9 Å². The van der Waals surface area contributed by atoms with E-state index >= 15 is 0 Å². The third-order valence-electron chi connectivity index (χ3n) is 3.96. The molecule has 1 N–H and O–H groups in total. The summed E-state index contributed by atoms with van der Waals surface area (Å²) in [6.45, 7) is 0. The lowest BCUT2D eigenvalue weighted by Crippen LogP contribution is -2.18. The van der Waals surface area contributed by atoms with Crippen molar-refractivity contribution in [2.45, 2.75) is 31.7 Å². The van der Waals surface area contributed by atoms with Crippen LogP contribution in [0.1, 0.15) is 42.1 Å². The number of fused-ring (bicyclic) bond motifs is 1. The van der Waals surface area contributed by atoms with Crippen LogP contribution in [0.15, 0.2) is 18.3 Å². The van der Waals surface area contributed by atoms with Gasteiger partial charge >= 0.3 is 5.97 Å². The second kappa shape index (κ2) is 5.20. The van der Waals surface area contributed by atoms with E-state index in [9.17, 15) is 14.7 Å². The molecule has 0 aliphatic heterocycles. The van der Waals surface area contributed by atoms with Gasteiger partial charge in [-0.15, -0.1) is 0 Å². The van der Waals surface area contributed by atoms with Crippen LogP contribution in [0.2, 0.25) is 0 Å². The van der Waals surface area contributed by atoms with Gasteiger partial charge in [-0.2, -0.15) is 5.10 Å². The average molecular weight is 288 g/mol. The first-order valence-corrected chi connectivity index (χ1v) is 6.90. The van der Waals surface area contributed by atoms with Crippen LogP contribution < -0.4 is 4.74 Å². The molecule has 1 heterocycles. The van der Waals surface area contributed by atoms with Gasteiger partial charge in [0.05, 0.1) is 18.7 Å². The van der Waals surface area contributed by atoms with Gasteiger partial charge in [0.25, 0.3) is 0 Å². The number of carboxylic acids is 1. The quantitative estimate of drug-likeness (QED) is 0.938. The Labute approximate surface area is 121 Å². The molecule has 1 aliphatic carbocycles. The SMILES string of the molecule is COc1cc2nn(C3CCC(=O)CC3)cc2cc1C(=O)O. The predicted octanol–water partition coefficient (Wildman–Crippen LogP) is 2.43. The Balaban J connectivity index is 1.99. The van der Waals surface area contributed by atoms with E-state index in [1.54, 1.807) is 12.1 Å². The van der Waals surface area contributed by atoms with Crippen LogP contribution in [0, 0.1) is 0 Å². The Bertz CT molecular complexity index is 710. The van der Waals surface area contributed by atoms with E-state index in [1.807, 2.05) is 10.9 Å². The summed E-state index contributed by atoms with van der Waals surface area (Å²) < 4.78 is 6.96. The molecular formula is C15H16N2O4. The predicted molar refractivity (Wildman–Crippen MR) is 75.8 cm³/mol. The number of aromatic nitrogens is 2. The summed E-state index contributed by atoms with van der Waals surface area (Å²) in [6.07, 6.45) is 4.60. The van der Waals surface area contributed by atoms with Crippen molar-refractivity contribution in [1.29, 1.82) is 0 Å². The van der Waals surface area contributed by atoms with Gasteiger partial charge in [-0.05, 0) is 18.9 Å². The highest BCUT2D eigenvalue weighted by Crippen LogP contribution is 2.30. The van der Waals surface area contributed by atoms with Crippen molar-refractivity contribution in [2.24, 2.45) is 0 Å². The number of hydrogen-bond acceptors (Lipinski definition) is 4. The first kappa shape index (κ1) is 13.6. The Morgan fingerprint density at radius 2 is 2.10 bits per heavy atom. The van der Waals surface area contributed by atoms with Gasteiger partial charge in [-0.1, -0.05) is 0 Å². The molecule has 0 atom stereocenters. The van der Waals surface area contributed by atoms with E-state index in [0.29, 0.717) is 29.9 Å². The number of hydrogen-bond donors (Lipinski definition) is 1. The molecule has 0 amide bonds. The molecule has 0 saturated heterocycles. The van der Waals surface area contributed by atoms with Gasteiger partial charge in [0.2, 0.25) is 0 Å². The van der Waals surface area contributed by atoms with Crippen molar-refractivity contribution in [3.63, 3.8) is 0 Å². The fourth-order valence-corrected chi connectivity index (χ4v) is 2.78. The fourth-order valence-electron chi connectivity index (χ4n) is 2.78. The Morgan fingerprint density at radius 3 is 2.71 bits per heavy atom. The molecular weight excluding hydrogens is 272 g/mol. The van der Waals surface area contributed by atoms with Gasteiger partial charge in [-0.25, -0.2) is 4.79 Å². The first-order valence-electron chi connectivity index (χ1n) is 6.90. The normalized spacial score (nSPS) is 16.3. The van der Waals surface area contributed by atoms with Gasteiger partial charge in [-0.3, -0.25) is 9.48 Å². The minimum Gasteiger partial charge on any atom is -0.496 e. The lowest BCUT2D eigenvalue weighted by Gasteiger charge is -2.20. The maximum absolute atomic E-state index is 11.3. The van der Waals surface area contributed by atoms with Crippen molar-refractivity contribution in [3.8, 4) is 5.75 Å². The molecule has 6 nitrogen and oxygen atoms in total. The highest BCUT2D eigenvalue weighted by molar-refractivity contribution is 5.96. The largest absolute Gasteiger partial charge is 0.496 e. The molecule has 0 bridgehead atoms. The summed E-state index contributed by atoms with van der Waals surface area (Å²) in [4.78, 5) is 22.5. The van der Waals surface area contributed by atoms with Gasteiger partial charge in [0.1, 0.15) is 17.1 Å². The highest BCUT2D eigenvalue weighted by Gasteiger charge is 2.22. The van der Waals surface area contributed by atoms with E-state index in [1.165, 1.54) is 7.11 Å². The fraction of sp³-hybridized carbons (Fsp3) is 0.400. The number of carbonyl (C=O) groups is 2. The topological polar surface area (TPSA) is 81.4 Å². The van der Waals surface area contributed by atoms with Crippen molar-refractivity contribution in [2.75, 3.05) is 7.11 Å². The standard InChI is InChI=1S/C15H16N2O4/c1-21-14-7-13-9(6-12(14)15(19)20)8-17(16-13)10-2-4-11(18)5-3-10/h6-8,10H,2-5H2,1H3,(H,19,20). The first-order chi connectivity index (χ1) is 10.1. The molecule has 1 saturated carbocycles. The van der Waals surface area contributed by atoms with E-state index in [2.05, 4.69) is 5.10 Å². The van der Waals surface area contributed by atoms with Crippen molar-refractivity contribution in [3.05, 3.63) is 23.9 Å². The summed E-state index contributed by atoms with van der Waals surface area (Å²) in [5.74, 6) is -0.415. The molecule has 1 aliphatic rings. The zero-order chi connectivity index (χ0) is 15.0. The van der Waals surface area contributed by atoms with E-state index in [0.717, 1.165) is 18.2 Å². The molecule has 1 aromatic carbocycles. The number of carbonyl (C=O) groups excluding carboxylic acids is 1. The minimum absolute atomic E-state index is 0.128. The van der Waals surface area contributed by atoms with Crippen LogP contribution in [0.5, 0.6) is 5.75 Å². The van der Waals surface area contributed by atoms with Crippen LogP contribution in [0.4, 0.5) is 0 Å². The molecule has 6 heteroatoms. The lowest BCUT2D eigenvalue weighted by molar-refractivity contribution is -0.120. The summed E-state index contributed by atoms with van der Waals surface area (Å²) in [5.41, 5.74) is 0.831. The van der Waals surface area contributed by atoms with Gasteiger partial charge in [0.15, 0.2) is 0 Å². The number of carboxylic acid groups (broad SMARTS) is 1. The second-order valence-electron chi connectivity index (χ2n) is 5.30. The Hall–Kier alpha value is -2.37. The van der Waals surface area contributed by atoms with Crippen molar-refractivity contribution < 1.29 is 19.4 Å². The number of methoxy groups -OCH3 is 1. The third-order valence-corrected chi connectivity index (χ3v) is 3.96. The number of ether oxygens (including phenoxy) is 1. The Morgan fingerprint density at radius 1 is 1.38 bits per heavy atom. The van der Waals surface area contributed by atoms with Crippen molar-refractivity contribution >= 4 is 22.7 Å². The molecule has 1 fully saturated rings. The Kier molecular flexibility index (Phi) is 3.37. The van der Waals surface area contributed by atoms with Crippen LogP contribution in [-0.2, 0) is 4.79 Å². The van der Waals surface area contributed by atoms with Crippen LogP contribution in [-0.4, -0.2) is 33.7 Å². The summed E-state index contributed by atoms with van der Waals surface area (Å²) in [5, 5.41) is 14.5. The molecule has 0 unspecified atom stereocenters. The molecule has 0 radical (unpaired) electrons.